The molecule has 0 radical (unpaired) electrons. The highest BCUT2D eigenvalue weighted by Crippen LogP contribution is 2.18. The van der Waals surface area contributed by atoms with Gasteiger partial charge in [-0.25, -0.2) is 4.98 Å². The molecular weight excluding hydrogens is 260 g/mol. The number of aromatic nitrogens is 1. The highest BCUT2D eigenvalue weighted by Gasteiger charge is 2.10. The Morgan fingerprint density at radius 3 is 2.33 bits per heavy atom. The Kier molecular flexibility index (Phi) is 8.31. The van der Waals surface area contributed by atoms with Gasteiger partial charge in [0.1, 0.15) is 5.82 Å². The number of rotatable bonds is 10. The molecule has 2 N–H and O–H groups in total. The predicted molar refractivity (Wildman–Crippen MR) is 92.0 cm³/mol. The van der Waals surface area contributed by atoms with Crippen molar-refractivity contribution >= 4 is 5.82 Å². The molecule has 0 unspecified atom stereocenters. The number of aryl methyl sites for hydroxylation is 1. The molecular formula is C17H32N4. The largest absolute Gasteiger partial charge is 0.357 e. The van der Waals surface area contributed by atoms with E-state index in [1.54, 1.807) is 0 Å². The monoisotopic (exact) mass is 292 g/mol. The van der Waals surface area contributed by atoms with Crippen molar-refractivity contribution in [2.75, 3.05) is 44.2 Å². The minimum atomic E-state index is 0.682. The molecule has 0 bridgehead atoms. The average Bonchev–Trinajstić information content (AvgIpc) is 2.49. The van der Waals surface area contributed by atoms with Crippen molar-refractivity contribution in [3.8, 4) is 0 Å². The van der Waals surface area contributed by atoms with Gasteiger partial charge in [-0.3, -0.25) is 0 Å². The molecule has 0 atom stereocenters. The number of hydrogen-bond donors (Lipinski definition) is 1. The molecule has 0 saturated heterocycles. The lowest BCUT2D eigenvalue weighted by atomic mass is 10.1. The van der Waals surface area contributed by atoms with E-state index in [0.717, 1.165) is 45.0 Å². The van der Waals surface area contributed by atoms with E-state index in [1.807, 2.05) is 6.20 Å². The molecule has 0 spiro atoms. The van der Waals surface area contributed by atoms with Gasteiger partial charge in [0.25, 0.3) is 0 Å². The second-order valence-electron chi connectivity index (χ2n) is 5.48. The van der Waals surface area contributed by atoms with Crippen molar-refractivity contribution < 1.29 is 0 Å². The number of hydrogen-bond acceptors (Lipinski definition) is 4. The maximum Gasteiger partial charge on any atom is 0.131 e. The summed E-state index contributed by atoms with van der Waals surface area (Å²) in [5.41, 5.74) is 8.10. The predicted octanol–water partition coefficient (Wildman–Crippen LogP) is 2.45. The summed E-state index contributed by atoms with van der Waals surface area (Å²) in [7, 11) is 0. The Labute approximate surface area is 130 Å². The van der Waals surface area contributed by atoms with E-state index >= 15 is 0 Å². The fraction of sp³-hybridized carbons (Fsp3) is 0.706. The molecule has 0 aliphatic carbocycles. The maximum absolute atomic E-state index is 5.61. The molecule has 1 heterocycles. The smallest absolute Gasteiger partial charge is 0.131 e. The van der Waals surface area contributed by atoms with E-state index in [2.05, 4.69) is 48.5 Å². The Morgan fingerprint density at radius 1 is 1.10 bits per heavy atom. The summed E-state index contributed by atoms with van der Waals surface area (Å²) < 4.78 is 0. The van der Waals surface area contributed by atoms with Crippen LogP contribution >= 0.6 is 0 Å². The summed E-state index contributed by atoms with van der Waals surface area (Å²) in [5, 5.41) is 0. The fourth-order valence-electron chi connectivity index (χ4n) is 2.70. The molecule has 0 saturated carbocycles. The third-order valence-corrected chi connectivity index (χ3v) is 4.02. The van der Waals surface area contributed by atoms with Crippen LogP contribution in [0, 0.1) is 6.92 Å². The topological polar surface area (TPSA) is 45.4 Å². The van der Waals surface area contributed by atoms with Crippen LogP contribution in [0.1, 0.15) is 38.3 Å². The summed E-state index contributed by atoms with van der Waals surface area (Å²) in [4.78, 5) is 9.51. The van der Waals surface area contributed by atoms with Gasteiger partial charge in [-0.2, -0.15) is 0 Å². The molecule has 1 aromatic heterocycles. The Hall–Kier alpha value is -1.13. The normalized spacial score (nSPS) is 11.1. The third-order valence-electron chi connectivity index (χ3n) is 4.02. The summed E-state index contributed by atoms with van der Waals surface area (Å²) in [6, 6.07) is 2.22. The molecule has 0 amide bonds. The summed E-state index contributed by atoms with van der Waals surface area (Å²) in [6.07, 6.45) is 4.06. The molecule has 1 rings (SSSR count). The van der Waals surface area contributed by atoms with Crippen LogP contribution in [0.3, 0.4) is 0 Å². The van der Waals surface area contributed by atoms with E-state index in [-0.39, 0.29) is 0 Å². The van der Waals surface area contributed by atoms with Gasteiger partial charge in [-0.15, -0.1) is 0 Å². The number of anilines is 1. The average molecular weight is 292 g/mol. The fourth-order valence-corrected chi connectivity index (χ4v) is 2.70. The van der Waals surface area contributed by atoms with Crippen LogP contribution in [-0.2, 0) is 6.42 Å². The molecule has 1 aromatic rings. The SMILES string of the molecule is CCN(CC)CCCN(CC)c1ncc(CCN)cc1C. The molecule has 21 heavy (non-hydrogen) atoms. The second kappa shape index (κ2) is 9.74. The highest BCUT2D eigenvalue weighted by atomic mass is 15.2. The zero-order valence-corrected chi connectivity index (χ0v) is 14.2. The number of nitrogens with zero attached hydrogens (tertiary/aromatic N) is 3. The molecule has 0 aliphatic heterocycles. The lowest BCUT2D eigenvalue weighted by Crippen LogP contribution is -2.30. The third kappa shape index (κ3) is 5.64. The van der Waals surface area contributed by atoms with Crippen LogP contribution in [0.2, 0.25) is 0 Å². The van der Waals surface area contributed by atoms with Gasteiger partial charge in [-0.05, 0) is 64.0 Å². The van der Waals surface area contributed by atoms with Gasteiger partial charge in [-0.1, -0.05) is 19.9 Å². The van der Waals surface area contributed by atoms with Gasteiger partial charge >= 0.3 is 0 Å². The summed E-state index contributed by atoms with van der Waals surface area (Å²) in [6.45, 7) is 15.0. The first-order chi connectivity index (χ1) is 10.2. The minimum absolute atomic E-state index is 0.682. The number of nitrogens with two attached hydrogens (primary N) is 1. The molecule has 0 fully saturated rings. The Morgan fingerprint density at radius 2 is 1.81 bits per heavy atom. The van der Waals surface area contributed by atoms with Crippen molar-refractivity contribution in [2.24, 2.45) is 5.73 Å². The first-order valence-electron chi connectivity index (χ1n) is 8.29. The van der Waals surface area contributed by atoms with E-state index in [1.165, 1.54) is 17.5 Å². The van der Waals surface area contributed by atoms with Crippen molar-refractivity contribution in [1.82, 2.24) is 9.88 Å². The van der Waals surface area contributed by atoms with Crippen LogP contribution in [-0.4, -0.2) is 49.2 Å². The molecule has 4 nitrogen and oxygen atoms in total. The van der Waals surface area contributed by atoms with Gasteiger partial charge < -0.3 is 15.5 Å². The molecule has 0 aromatic carbocycles. The van der Waals surface area contributed by atoms with Gasteiger partial charge in [0.2, 0.25) is 0 Å². The quantitative estimate of drug-likeness (QED) is 0.719. The minimum Gasteiger partial charge on any atom is -0.357 e. The summed E-state index contributed by atoms with van der Waals surface area (Å²) in [5.74, 6) is 1.12. The van der Waals surface area contributed by atoms with E-state index in [4.69, 9.17) is 5.73 Å². The number of pyridine rings is 1. The van der Waals surface area contributed by atoms with E-state index < -0.39 is 0 Å². The van der Waals surface area contributed by atoms with Crippen LogP contribution in [0.4, 0.5) is 5.82 Å². The lowest BCUT2D eigenvalue weighted by Gasteiger charge is -2.26. The van der Waals surface area contributed by atoms with E-state index in [0.29, 0.717) is 6.54 Å². The van der Waals surface area contributed by atoms with Crippen LogP contribution in [0.15, 0.2) is 12.3 Å². The first kappa shape index (κ1) is 17.9. The zero-order chi connectivity index (χ0) is 15.7. The van der Waals surface area contributed by atoms with Crippen LogP contribution in [0.25, 0.3) is 0 Å². The lowest BCUT2D eigenvalue weighted by molar-refractivity contribution is 0.300. The zero-order valence-electron chi connectivity index (χ0n) is 14.2. The van der Waals surface area contributed by atoms with Gasteiger partial charge in [0.05, 0.1) is 0 Å². The van der Waals surface area contributed by atoms with E-state index in [9.17, 15) is 0 Å². The standard InChI is InChI=1S/C17H32N4/c1-5-20(6-2)11-8-12-21(7-3)17-15(4)13-16(9-10-18)14-19-17/h13-14H,5-12,18H2,1-4H3. The van der Waals surface area contributed by atoms with Gasteiger partial charge in [0, 0.05) is 19.3 Å². The summed E-state index contributed by atoms with van der Waals surface area (Å²) >= 11 is 0. The van der Waals surface area contributed by atoms with Gasteiger partial charge in [0.15, 0.2) is 0 Å². The molecule has 4 heteroatoms. The maximum atomic E-state index is 5.61. The van der Waals surface area contributed by atoms with Crippen molar-refractivity contribution in [1.29, 1.82) is 0 Å². The van der Waals surface area contributed by atoms with Crippen LogP contribution in [0.5, 0.6) is 0 Å². The molecule has 120 valence electrons. The Bertz CT molecular complexity index is 402. The van der Waals surface area contributed by atoms with Crippen molar-refractivity contribution in [3.63, 3.8) is 0 Å². The first-order valence-corrected chi connectivity index (χ1v) is 8.29. The molecule has 0 aliphatic rings. The Balaban J connectivity index is 2.63. The van der Waals surface area contributed by atoms with Crippen molar-refractivity contribution in [2.45, 2.75) is 40.5 Å². The van der Waals surface area contributed by atoms with Crippen molar-refractivity contribution in [3.05, 3.63) is 23.4 Å². The highest BCUT2D eigenvalue weighted by molar-refractivity contribution is 5.47. The second-order valence-corrected chi connectivity index (χ2v) is 5.48. The van der Waals surface area contributed by atoms with Crippen LogP contribution < -0.4 is 10.6 Å².